The van der Waals surface area contributed by atoms with Gasteiger partial charge in [-0.2, -0.15) is 0 Å². The van der Waals surface area contributed by atoms with E-state index in [9.17, 15) is 14.4 Å². The molecule has 0 aromatic heterocycles. The normalized spacial score (nSPS) is 18.9. The van der Waals surface area contributed by atoms with Gasteiger partial charge in [-0.1, -0.05) is 94.8 Å². The number of carbonyl (C=O) groups is 3. The molecule has 5 rings (SSSR count). The van der Waals surface area contributed by atoms with Crippen LogP contribution in [0.15, 0.2) is 102 Å². The second-order valence-electron chi connectivity index (χ2n) is 8.42. The molecule has 0 radical (unpaired) electrons. The molecule has 182 valence electrons. The molecule has 36 heavy (non-hydrogen) atoms. The highest BCUT2D eigenvalue weighted by atomic mass is 79.9. The molecular formula is C28H23BrN2O5. The third-order valence-electron chi connectivity index (χ3n) is 6.15. The summed E-state index contributed by atoms with van der Waals surface area (Å²) in [6.45, 7) is 0.128. The van der Waals surface area contributed by atoms with E-state index in [0.29, 0.717) is 16.5 Å². The van der Waals surface area contributed by atoms with Crippen molar-refractivity contribution < 1.29 is 23.9 Å². The number of hydrogen-bond donors (Lipinski definition) is 1. The van der Waals surface area contributed by atoms with Crippen LogP contribution in [0.1, 0.15) is 27.6 Å². The molecule has 7 nitrogen and oxygen atoms in total. The highest BCUT2D eigenvalue weighted by Gasteiger charge is 2.55. The van der Waals surface area contributed by atoms with Crippen LogP contribution in [0.25, 0.3) is 0 Å². The van der Waals surface area contributed by atoms with Gasteiger partial charge in [0, 0.05) is 10.9 Å². The van der Waals surface area contributed by atoms with Crippen LogP contribution in [0.2, 0.25) is 0 Å². The number of benzene rings is 3. The van der Waals surface area contributed by atoms with E-state index < -0.39 is 30.3 Å². The molecule has 0 saturated carbocycles. The van der Waals surface area contributed by atoms with Crippen LogP contribution >= 0.6 is 15.9 Å². The predicted molar refractivity (Wildman–Crippen MR) is 136 cm³/mol. The van der Waals surface area contributed by atoms with Crippen LogP contribution in [0, 0.1) is 0 Å². The van der Waals surface area contributed by atoms with Gasteiger partial charge in [0.1, 0.15) is 5.70 Å². The molecule has 0 spiro atoms. The van der Waals surface area contributed by atoms with Crippen molar-refractivity contribution in [2.24, 2.45) is 0 Å². The van der Waals surface area contributed by atoms with Gasteiger partial charge in [-0.25, -0.2) is 4.79 Å². The van der Waals surface area contributed by atoms with Gasteiger partial charge in [0.25, 0.3) is 11.8 Å². The Morgan fingerprint density at radius 1 is 0.944 bits per heavy atom. The van der Waals surface area contributed by atoms with Crippen LogP contribution in [-0.4, -0.2) is 46.9 Å². The zero-order valence-corrected chi connectivity index (χ0v) is 20.8. The number of rotatable bonds is 7. The summed E-state index contributed by atoms with van der Waals surface area (Å²) in [6.07, 6.45) is -1.45. The van der Waals surface area contributed by atoms with E-state index in [0.717, 1.165) is 11.1 Å². The number of amides is 2. The maximum Gasteiger partial charge on any atom is 0.356 e. The molecule has 1 N–H and O–H groups in total. The fourth-order valence-electron chi connectivity index (χ4n) is 4.34. The van der Waals surface area contributed by atoms with Gasteiger partial charge in [0.05, 0.1) is 6.61 Å². The topological polar surface area (TPSA) is 84.9 Å². The molecule has 0 bridgehead atoms. The van der Waals surface area contributed by atoms with Gasteiger partial charge in [-0.15, -0.1) is 0 Å². The van der Waals surface area contributed by atoms with Gasteiger partial charge in [-0.05, 0) is 28.8 Å². The Balaban J connectivity index is 1.39. The van der Waals surface area contributed by atoms with Crippen LogP contribution in [-0.2, 0) is 19.1 Å². The first-order valence-corrected chi connectivity index (χ1v) is 12.6. The molecule has 2 atom stereocenters. The van der Waals surface area contributed by atoms with Gasteiger partial charge >= 0.3 is 5.97 Å². The van der Waals surface area contributed by atoms with Crippen molar-refractivity contribution in [2.75, 3.05) is 11.9 Å². The van der Waals surface area contributed by atoms with Crippen LogP contribution in [0.5, 0.6) is 0 Å². The lowest BCUT2D eigenvalue weighted by molar-refractivity contribution is -0.184. The van der Waals surface area contributed by atoms with Crippen molar-refractivity contribution in [3.8, 4) is 0 Å². The summed E-state index contributed by atoms with van der Waals surface area (Å²) in [6, 6.07) is 26.6. The number of carbonyl (C=O) groups excluding carboxylic acids is 3. The number of hydrogen-bond acceptors (Lipinski definition) is 5. The molecule has 1 fully saturated rings. The van der Waals surface area contributed by atoms with Crippen LogP contribution < -0.4 is 5.32 Å². The van der Waals surface area contributed by atoms with Gasteiger partial charge in [0.2, 0.25) is 0 Å². The molecule has 3 aromatic carbocycles. The van der Waals surface area contributed by atoms with Crippen molar-refractivity contribution in [3.05, 3.63) is 119 Å². The number of β-lactam (4-membered cyclic amide) rings is 1. The Labute approximate surface area is 216 Å². The highest BCUT2D eigenvalue weighted by molar-refractivity contribution is 9.09. The molecular weight excluding hydrogens is 524 g/mol. The Hall–Kier alpha value is -3.75. The van der Waals surface area contributed by atoms with Gasteiger partial charge < -0.3 is 14.8 Å². The first-order valence-electron chi connectivity index (χ1n) is 11.5. The summed E-state index contributed by atoms with van der Waals surface area (Å²) >= 11 is 3.40. The largest absolute Gasteiger partial charge is 0.448 e. The lowest BCUT2D eigenvalue weighted by Gasteiger charge is -2.49. The first kappa shape index (κ1) is 24.0. The monoisotopic (exact) mass is 546 g/mol. The summed E-state index contributed by atoms with van der Waals surface area (Å²) in [5.74, 6) is -1.44. The van der Waals surface area contributed by atoms with E-state index in [2.05, 4.69) is 21.2 Å². The number of nitrogens with zero attached hydrogens (tertiary/aromatic N) is 1. The summed E-state index contributed by atoms with van der Waals surface area (Å²) < 4.78 is 11.9. The molecule has 2 amide bonds. The Kier molecular flexibility index (Phi) is 6.97. The summed E-state index contributed by atoms with van der Waals surface area (Å²) in [7, 11) is 0. The second kappa shape index (κ2) is 10.5. The molecule has 2 aliphatic rings. The van der Waals surface area contributed by atoms with E-state index >= 15 is 0 Å². The first-order chi connectivity index (χ1) is 17.6. The average Bonchev–Trinajstić information content (AvgIpc) is 2.94. The average molecular weight is 547 g/mol. The van der Waals surface area contributed by atoms with Crippen molar-refractivity contribution in [1.82, 2.24) is 10.2 Å². The van der Waals surface area contributed by atoms with E-state index in [1.165, 1.54) is 4.90 Å². The number of fused-ring (bicyclic) bond motifs is 1. The van der Waals surface area contributed by atoms with E-state index in [1.54, 1.807) is 30.3 Å². The van der Waals surface area contributed by atoms with Gasteiger partial charge in [-0.3, -0.25) is 14.5 Å². The Morgan fingerprint density at radius 2 is 1.50 bits per heavy atom. The minimum atomic E-state index is -0.892. The molecule has 8 heteroatoms. The maximum atomic E-state index is 13.6. The third kappa shape index (κ3) is 4.57. The fraction of sp³-hybridized carbons (Fsp3) is 0.179. The lowest BCUT2D eigenvalue weighted by atomic mass is 9.98. The summed E-state index contributed by atoms with van der Waals surface area (Å²) in [5, 5.41) is 3.05. The number of ether oxygens (including phenoxy) is 2. The molecule has 2 aliphatic heterocycles. The van der Waals surface area contributed by atoms with E-state index in [4.69, 9.17) is 9.47 Å². The zero-order valence-electron chi connectivity index (χ0n) is 19.2. The number of halogens is 1. The van der Waals surface area contributed by atoms with E-state index in [-0.39, 0.29) is 18.2 Å². The third-order valence-corrected chi connectivity index (χ3v) is 6.83. The van der Waals surface area contributed by atoms with Crippen molar-refractivity contribution in [3.63, 3.8) is 0 Å². The fourth-order valence-corrected chi connectivity index (χ4v) is 4.76. The zero-order chi connectivity index (χ0) is 25.1. The molecule has 3 aromatic rings. The summed E-state index contributed by atoms with van der Waals surface area (Å²) in [5.41, 5.74) is 2.80. The van der Waals surface area contributed by atoms with Crippen LogP contribution in [0.3, 0.4) is 0 Å². The predicted octanol–water partition coefficient (Wildman–Crippen LogP) is 3.97. The van der Waals surface area contributed by atoms with E-state index in [1.807, 2.05) is 60.7 Å². The number of alkyl halides is 1. The lowest BCUT2D eigenvalue weighted by Crippen LogP contribution is -2.73. The molecule has 2 heterocycles. The summed E-state index contributed by atoms with van der Waals surface area (Å²) in [4.78, 5) is 40.6. The maximum absolute atomic E-state index is 13.6. The minimum Gasteiger partial charge on any atom is -0.448 e. The van der Waals surface area contributed by atoms with Gasteiger partial charge in [0.15, 0.2) is 18.4 Å². The smallest absolute Gasteiger partial charge is 0.356 e. The highest BCUT2D eigenvalue weighted by Crippen LogP contribution is 2.36. The SMILES string of the molecule is O=C(OC(c1ccccc1)c1ccccc1)C1=C(CBr)COC2C(NC(=O)c3ccccc3)C(=O)N12. The standard InChI is InChI=1S/C28H23BrN2O5/c29-16-21-17-35-27-22(30-25(32)20-14-8-3-9-15-20)26(33)31(27)23(21)28(34)36-24(18-10-4-1-5-11-18)19-12-6-2-7-13-19/h1-15,22,24,27H,16-17H2,(H,30,32). The van der Waals surface area contributed by atoms with Crippen LogP contribution in [0.4, 0.5) is 0 Å². The van der Waals surface area contributed by atoms with Crippen molar-refractivity contribution in [1.29, 1.82) is 0 Å². The minimum absolute atomic E-state index is 0.128. The Morgan fingerprint density at radius 3 is 2.06 bits per heavy atom. The number of nitrogens with one attached hydrogen (secondary N) is 1. The van der Waals surface area contributed by atoms with Crippen molar-refractivity contribution >= 4 is 33.7 Å². The quantitative estimate of drug-likeness (QED) is 0.275. The molecule has 0 aliphatic carbocycles. The Bertz CT molecular complexity index is 1260. The van der Waals surface area contributed by atoms with Crippen molar-refractivity contribution in [2.45, 2.75) is 18.4 Å². The number of esters is 1. The second-order valence-corrected chi connectivity index (χ2v) is 8.98. The molecule has 2 unspecified atom stereocenters. The molecule has 1 saturated heterocycles.